The molecule has 102 heavy (non-hydrogen) atoms. The maximum Gasteiger partial charge on any atom is 0.416 e. The second-order valence-corrected chi connectivity index (χ2v) is 23.1. The van der Waals surface area contributed by atoms with Crippen LogP contribution in [0.3, 0.4) is 0 Å². The van der Waals surface area contributed by atoms with Crippen molar-refractivity contribution in [3.05, 3.63) is 232 Å². The molecule has 0 N–H and O–H groups in total. The molecule has 0 spiro atoms. The van der Waals surface area contributed by atoms with Crippen LogP contribution in [0.2, 0.25) is 0 Å². The molecule has 12 rings (SSSR count). The first-order valence-corrected chi connectivity index (χ1v) is 28.5. The molecule has 0 fully saturated rings. The van der Waals surface area contributed by atoms with E-state index in [0.29, 0.717) is 6.20 Å². The molecular formula is C69H29F30N3. The Morgan fingerprint density at radius 1 is 0.196 bits per heavy atom. The van der Waals surface area contributed by atoms with Crippen LogP contribution in [0.5, 0.6) is 0 Å². The molecule has 0 aliphatic rings. The predicted octanol–water partition coefficient (Wildman–Crippen LogP) is 25.8. The van der Waals surface area contributed by atoms with Crippen molar-refractivity contribution in [1.82, 2.24) is 14.1 Å². The fraction of sp³-hybridized carbons (Fsp3) is 0.145. The minimum Gasteiger partial charge on any atom is -0.307 e. The normalized spacial score (nSPS) is 13.6. The summed E-state index contributed by atoms with van der Waals surface area (Å²) < 4.78 is 435. The van der Waals surface area contributed by atoms with Gasteiger partial charge in [-0.1, -0.05) is 24.3 Å². The molecule has 3 aromatic heterocycles. The monoisotopic (exact) mass is 1470 g/mol. The number of rotatable bonds is 7. The summed E-state index contributed by atoms with van der Waals surface area (Å²) in [6.07, 6.45) is -54.4. The molecule has 0 unspecified atom stereocenters. The molecule has 0 aliphatic carbocycles. The first-order valence-electron chi connectivity index (χ1n) is 28.5. The van der Waals surface area contributed by atoms with E-state index in [4.69, 9.17) is 0 Å². The van der Waals surface area contributed by atoms with Gasteiger partial charge in [-0.05, 0) is 196 Å². The van der Waals surface area contributed by atoms with Crippen molar-refractivity contribution in [3.63, 3.8) is 0 Å². The van der Waals surface area contributed by atoms with Gasteiger partial charge in [0.15, 0.2) is 0 Å². The zero-order chi connectivity index (χ0) is 74.7. The summed E-state index contributed by atoms with van der Waals surface area (Å²) in [6.45, 7) is 0. The summed E-state index contributed by atoms with van der Waals surface area (Å²) in [7, 11) is 0. The third kappa shape index (κ3) is 13.7. The summed E-state index contributed by atoms with van der Waals surface area (Å²) in [5, 5.41) is -1.53. The van der Waals surface area contributed by atoms with Gasteiger partial charge in [0, 0.05) is 27.1 Å². The van der Waals surface area contributed by atoms with Crippen LogP contribution >= 0.6 is 0 Å². The molecule has 0 saturated heterocycles. The molecule has 33 heteroatoms. The van der Waals surface area contributed by atoms with Gasteiger partial charge in [-0.2, -0.15) is 132 Å². The van der Waals surface area contributed by atoms with E-state index in [9.17, 15) is 132 Å². The Bertz CT molecular complexity index is 4940. The van der Waals surface area contributed by atoms with Gasteiger partial charge in [0.25, 0.3) is 0 Å². The minimum absolute atomic E-state index is 0.165. The van der Waals surface area contributed by atoms with Crippen LogP contribution in [0.25, 0.3) is 111 Å². The van der Waals surface area contributed by atoms with Crippen LogP contribution in [0.1, 0.15) is 55.6 Å². The number of benzene rings is 9. The average Bonchev–Trinajstić information content (AvgIpc) is 1.56. The van der Waals surface area contributed by atoms with Gasteiger partial charge in [0.05, 0.1) is 89.6 Å². The Balaban J connectivity index is 1.19. The van der Waals surface area contributed by atoms with Crippen LogP contribution < -0.4 is 0 Å². The Morgan fingerprint density at radius 3 is 0.598 bits per heavy atom. The molecular weight excluding hydrogens is 1440 g/mol. The van der Waals surface area contributed by atoms with E-state index in [0.717, 1.165) is 88.0 Å². The molecule has 9 aromatic carbocycles. The summed E-state index contributed by atoms with van der Waals surface area (Å²) in [5.74, 6) is -0.655. The van der Waals surface area contributed by atoms with Gasteiger partial charge in [-0.25, -0.2) is 4.98 Å². The molecule has 0 aliphatic heterocycles. The molecule has 0 radical (unpaired) electrons. The third-order valence-electron chi connectivity index (χ3n) is 16.5. The fourth-order valence-electron chi connectivity index (χ4n) is 11.8. The number of halogens is 30. The van der Waals surface area contributed by atoms with Crippen molar-refractivity contribution in [2.24, 2.45) is 0 Å². The summed E-state index contributed by atoms with van der Waals surface area (Å²) in [6, 6.07) is 12.9. The highest BCUT2D eigenvalue weighted by molar-refractivity contribution is 6.13. The number of nitrogens with zero attached hydrogens (tertiary/aromatic N) is 3. The topological polar surface area (TPSA) is 22.8 Å². The summed E-state index contributed by atoms with van der Waals surface area (Å²) >= 11 is 0. The molecule has 530 valence electrons. The van der Waals surface area contributed by atoms with E-state index in [-0.39, 0.29) is 113 Å². The van der Waals surface area contributed by atoms with E-state index >= 15 is 0 Å². The van der Waals surface area contributed by atoms with Gasteiger partial charge in [-0.15, -0.1) is 0 Å². The SMILES string of the molecule is FC(F)(F)c1cc(-c2ccc3c(c2)c2cc(-c4cc(C(F)(F)F)cc(C(F)(F)F)c4)ccc2n3-c2cc(-c3cc(C(F)(F)F)cc(C(F)(F)F)c3)c(-n3c4ccc(-c5cc(C(F)(F)F)cc(C(F)(F)F)c5)cc4c4cc(-c5cc(C(F)(F)F)cc(C(F)(F)F)c5)ccc43)cn2)cc(C(F)(F)F)c1. The highest BCUT2D eigenvalue weighted by Crippen LogP contribution is 2.50. The number of aromatic nitrogens is 3. The predicted molar refractivity (Wildman–Crippen MR) is 310 cm³/mol. The smallest absolute Gasteiger partial charge is 0.307 e. The van der Waals surface area contributed by atoms with Gasteiger partial charge >= 0.3 is 61.8 Å². The van der Waals surface area contributed by atoms with Crippen LogP contribution in [-0.4, -0.2) is 14.1 Å². The third-order valence-corrected chi connectivity index (χ3v) is 16.5. The van der Waals surface area contributed by atoms with E-state index in [1.165, 1.54) is 0 Å². The fourth-order valence-corrected chi connectivity index (χ4v) is 11.8. The standard InChI is InChI=1S/C69H29F30N3/c70-60(71,72)39-9-34(10-40(23-39)61(73,74)75)30-1-5-54-50(19-30)51-20-31(35-11-41(62(76,77)78)24-42(12-35)63(79,80)81)2-6-55(51)101(54)58-29-100-59(28-49(58)38-17-47(68(94,95)96)27-48(18-38)69(97,98)99)102-56-7-3-32(36-13-43(64(82,83)84)25-44(14-36)65(85,86)87)21-52(56)53-22-33(4-8-57(53)102)37-15-45(66(88,89)90)26-46(16-37)67(91,92)93/h1-29H. The lowest BCUT2D eigenvalue weighted by Gasteiger charge is -2.19. The first kappa shape index (κ1) is 71.5. The first-order chi connectivity index (χ1) is 46.8. The number of hydrogen-bond donors (Lipinski definition) is 0. The van der Waals surface area contributed by atoms with E-state index in [1.54, 1.807) is 0 Å². The van der Waals surface area contributed by atoms with Gasteiger partial charge in [0.1, 0.15) is 5.82 Å². The maximum absolute atomic E-state index is 15.0. The average molecular weight is 1470 g/mol. The molecule has 12 aromatic rings. The van der Waals surface area contributed by atoms with Crippen molar-refractivity contribution < 1.29 is 132 Å². The Morgan fingerprint density at radius 2 is 0.392 bits per heavy atom. The zero-order valence-corrected chi connectivity index (χ0v) is 49.4. The Hall–Kier alpha value is -10.4. The summed E-state index contributed by atoms with van der Waals surface area (Å²) in [4.78, 5) is 4.47. The molecule has 3 nitrogen and oxygen atoms in total. The van der Waals surface area contributed by atoms with Crippen molar-refractivity contribution in [2.45, 2.75) is 61.8 Å². The van der Waals surface area contributed by atoms with Crippen molar-refractivity contribution in [3.8, 4) is 67.1 Å². The molecule has 0 saturated carbocycles. The molecule has 0 atom stereocenters. The Labute approximate surface area is 548 Å². The second kappa shape index (κ2) is 23.6. The van der Waals surface area contributed by atoms with Crippen LogP contribution in [-0.2, 0) is 61.8 Å². The van der Waals surface area contributed by atoms with Crippen LogP contribution in [0.4, 0.5) is 132 Å². The number of alkyl halides is 30. The highest BCUT2D eigenvalue weighted by Gasteiger charge is 2.43. The lowest BCUT2D eigenvalue weighted by molar-refractivity contribution is -0.144. The number of pyridine rings is 1. The zero-order valence-electron chi connectivity index (χ0n) is 49.4. The number of fused-ring (bicyclic) bond motifs is 6. The lowest BCUT2D eigenvalue weighted by atomic mass is 9.96. The molecule has 0 amide bonds. The largest absolute Gasteiger partial charge is 0.416 e. The minimum atomic E-state index is -5.67. The number of hydrogen-bond acceptors (Lipinski definition) is 1. The van der Waals surface area contributed by atoms with Crippen molar-refractivity contribution >= 4 is 43.6 Å². The van der Waals surface area contributed by atoms with Crippen LogP contribution in [0.15, 0.2) is 176 Å². The van der Waals surface area contributed by atoms with Crippen LogP contribution in [0, 0.1) is 0 Å². The quantitative estimate of drug-likeness (QED) is 0.146. The molecule has 0 bridgehead atoms. The van der Waals surface area contributed by atoms with E-state index in [1.807, 2.05) is 0 Å². The molecule has 3 heterocycles. The van der Waals surface area contributed by atoms with E-state index in [2.05, 4.69) is 4.98 Å². The van der Waals surface area contributed by atoms with Crippen molar-refractivity contribution in [1.29, 1.82) is 0 Å². The highest BCUT2D eigenvalue weighted by atomic mass is 19.4. The lowest BCUT2D eigenvalue weighted by Crippen LogP contribution is -2.11. The van der Waals surface area contributed by atoms with Gasteiger partial charge < -0.3 is 4.57 Å². The second-order valence-electron chi connectivity index (χ2n) is 23.1. The summed E-state index contributed by atoms with van der Waals surface area (Å²) in [5.41, 5.74) is -28.3. The van der Waals surface area contributed by atoms with Crippen molar-refractivity contribution in [2.75, 3.05) is 0 Å². The van der Waals surface area contributed by atoms with Gasteiger partial charge in [0.2, 0.25) is 0 Å². The van der Waals surface area contributed by atoms with E-state index < -0.39 is 206 Å². The van der Waals surface area contributed by atoms with Gasteiger partial charge in [-0.3, -0.25) is 4.57 Å². The Kier molecular flexibility index (Phi) is 16.5. The maximum atomic E-state index is 15.0.